The largest absolute Gasteiger partial charge is 0.492 e. The number of amides is 1. The van der Waals surface area contributed by atoms with Gasteiger partial charge in [0.05, 0.1) is 24.7 Å². The molecule has 0 saturated carbocycles. The number of halogens is 2. The summed E-state index contributed by atoms with van der Waals surface area (Å²) in [6.07, 6.45) is 3.29. The Labute approximate surface area is 240 Å². The summed E-state index contributed by atoms with van der Waals surface area (Å²) in [5.74, 6) is -0.107. The number of nitrogens with zero attached hydrogens (tertiary/aromatic N) is 1. The molecule has 5 nitrogen and oxygen atoms in total. The molecule has 0 aliphatic carbocycles. The van der Waals surface area contributed by atoms with Crippen molar-refractivity contribution in [3.05, 3.63) is 85.7 Å². The fraction of sp³-hybridized carbons (Fsp3) is 0.394. The Hall–Kier alpha value is -3.38. The van der Waals surface area contributed by atoms with Gasteiger partial charge in [-0.3, -0.25) is 9.59 Å². The van der Waals surface area contributed by atoms with Crippen molar-refractivity contribution in [2.75, 3.05) is 26.3 Å². The lowest BCUT2D eigenvalue weighted by Crippen LogP contribution is -2.33. The maximum Gasteiger partial charge on any atom is 0.310 e. The van der Waals surface area contributed by atoms with Crippen LogP contribution in [0, 0.1) is 26.6 Å². The van der Waals surface area contributed by atoms with E-state index in [0.29, 0.717) is 49.7 Å². The molecule has 210 valence electrons. The number of hydrogen-bond donors (Lipinski definition) is 0. The zero-order valence-corrected chi connectivity index (χ0v) is 24.3. The highest BCUT2D eigenvalue weighted by molar-refractivity contribution is 6.32. The van der Waals surface area contributed by atoms with E-state index in [1.807, 2.05) is 13.0 Å². The zero-order valence-electron chi connectivity index (χ0n) is 23.6. The second kappa shape index (κ2) is 11.6. The summed E-state index contributed by atoms with van der Waals surface area (Å²) in [6.45, 7) is 10.1. The Morgan fingerprint density at radius 3 is 2.42 bits per heavy atom. The molecule has 2 aliphatic rings. The number of fused-ring (bicyclic) bond motifs is 2. The van der Waals surface area contributed by atoms with Gasteiger partial charge >= 0.3 is 5.97 Å². The summed E-state index contributed by atoms with van der Waals surface area (Å²) in [6, 6.07) is 7.82. The standard InChI is InChI=1S/C33H35ClFNO4/c1-5-39-30(37)18-28-19(2)24-11-13-36(33(38)22-8-6-9-23(35)16-22)14-12-25(24)21(4)31(28)27-17-29(34)32-26(20(27)3)10-7-15-40-32/h6,8-9,16-17H,5,7,10-15,18H2,1-4H3. The molecule has 0 atom stereocenters. The van der Waals surface area contributed by atoms with E-state index < -0.39 is 5.82 Å². The number of ether oxygens (including phenoxy) is 2. The van der Waals surface area contributed by atoms with Gasteiger partial charge in [0.15, 0.2) is 0 Å². The molecule has 3 aromatic rings. The molecule has 3 aromatic carbocycles. The van der Waals surface area contributed by atoms with Gasteiger partial charge in [-0.1, -0.05) is 17.7 Å². The first-order valence-electron chi connectivity index (χ1n) is 14.0. The average molecular weight is 564 g/mol. The highest BCUT2D eigenvalue weighted by Gasteiger charge is 2.29. The van der Waals surface area contributed by atoms with Crippen LogP contribution < -0.4 is 4.74 Å². The van der Waals surface area contributed by atoms with Crippen LogP contribution in [0.15, 0.2) is 30.3 Å². The number of rotatable bonds is 5. The molecule has 0 spiro atoms. The van der Waals surface area contributed by atoms with Crippen LogP contribution in [0.1, 0.15) is 62.6 Å². The Morgan fingerprint density at radius 1 is 1.00 bits per heavy atom. The van der Waals surface area contributed by atoms with Crippen molar-refractivity contribution in [3.63, 3.8) is 0 Å². The van der Waals surface area contributed by atoms with Crippen molar-refractivity contribution >= 4 is 23.5 Å². The Balaban J connectivity index is 1.62. The second-order valence-corrected chi connectivity index (χ2v) is 11.0. The molecule has 0 fully saturated rings. The Bertz CT molecular complexity index is 1500. The molecular weight excluding hydrogens is 529 g/mol. The first-order valence-corrected chi connectivity index (χ1v) is 14.4. The van der Waals surface area contributed by atoms with E-state index in [2.05, 4.69) is 20.8 Å². The van der Waals surface area contributed by atoms with Crippen molar-refractivity contribution in [1.29, 1.82) is 0 Å². The van der Waals surface area contributed by atoms with Crippen LogP contribution in [0.4, 0.5) is 4.39 Å². The van der Waals surface area contributed by atoms with Gasteiger partial charge < -0.3 is 14.4 Å². The first-order chi connectivity index (χ1) is 19.2. The monoisotopic (exact) mass is 563 g/mol. The van der Waals surface area contributed by atoms with Gasteiger partial charge in [-0.15, -0.1) is 0 Å². The maximum atomic E-state index is 13.8. The minimum atomic E-state index is -0.423. The van der Waals surface area contributed by atoms with Crippen LogP contribution >= 0.6 is 11.6 Å². The molecule has 2 heterocycles. The molecule has 0 N–H and O–H groups in total. The number of hydrogen-bond acceptors (Lipinski definition) is 4. The minimum Gasteiger partial charge on any atom is -0.492 e. The SMILES string of the molecule is CCOC(=O)Cc1c(C)c2c(c(C)c1-c1cc(Cl)c3c(c1C)CCCO3)CCN(C(=O)c1cccc(F)c1)CC2. The van der Waals surface area contributed by atoms with Crippen LogP contribution in [0.3, 0.4) is 0 Å². The lowest BCUT2D eigenvalue weighted by atomic mass is 9.80. The number of carbonyl (C=O) groups excluding carboxylic acids is 2. The van der Waals surface area contributed by atoms with Gasteiger partial charge in [0.25, 0.3) is 5.91 Å². The zero-order chi connectivity index (χ0) is 28.6. The third-order valence-electron chi connectivity index (χ3n) is 8.35. The van der Waals surface area contributed by atoms with E-state index >= 15 is 0 Å². The number of esters is 1. The van der Waals surface area contributed by atoms with Crippen molar-refractivity contribution in [2.45, 2.75) is 59.8 Å². The summed E-state index contributed by atoms with van der Waals surface area (Å²) in [5, 5.41) is 0.580. The molecule has 2 aliphatic heterocycles. The van der Waals surface area contributed by atoms with Gasteiger partial charge in [-0.25, -0.2) is 4.39 Å². The molecule has 1 amide bonds. The predicted octanol–water partition coefficient (Wildman–Crippen LogP) is 6.74. The van der Waals surface area contributed by atoms with Crippen LogP contribution in [0.5, 0.6) is 5.75 Å². The van der Waals surface area contributed by atoms with E-state index in [4.69, 9.17) is 21.1 Å². The summed E-state index contributed by atoms with van der Waals surface area (Å²) in [5.41, 5.74) is 10.1. The summed E-state index contributed by atoms with van der Waals surface area (Å²) >= 11 is 6.77. The smallest absolute Gasteiger partial charge is 0.310 e. The highest BCUT2D eigenvalue weighted by Crippen LogP contribution is 2.44. The quantitative estimate of drug-likeness (QED) is 0.322. The summed E-state index contributed by atoms with van der Waals surface area (Å²) < 4.78 is 25.2. The minimum absolute atomic E-state index is 0.152. The molecular formula is C33H35ClFNO4. The van der Waals surface area contributed by atoms with Crippen LogP contribution in [0.2, 0.25) is 5.02 Å². The predicted molar refractivity (Wildman–Crippen MR) is 155 cm³/mol. The van der Waals surface area contributed by atoms with E-state index in [-0.39, 0.29) is 18.3 Å². The van der Waals surface area contributed by atoms with Crippen LogP contribution in [0.25, 0.3) is 11.1 Å². The van der Waals surface area contributed by atoms with E-state index in [1.165, 1.54) is 23.3 Å². The van der Waals surface area contributed by atoms with Gasteiger partial charge in [0.2, 0.25) is 0 Å². The molecule has 7 heteroatoms. The topological polar surface area (TPSA) is 55.8 Å². The van der Waals surface area contributed by atoms with Crippen molar-refractivity contribution < 1.29 is 23.5 Å². The molecule has 0 saturated heterocycles. The highest BCUT2D eigenvalue weighted by atomic mass is 35.5. The lowest BCUT2D eigenvalue weighted by Gasteiger charge is -2.27. The fourth-order valence-electron chi connectivity index (χ4n) is 6.35. The number of benzene rings is 3. The molecule has 0 radical (unpaired) electrons. The van der Waals surface area contributed by atoms with Crippen molar-refractivity contribution in [3.8, 4) is 16.9 Å². The van der Waals surface area contributed by atoms with E-state index in [1.54, 1.807) is 17.0 Å². The molecule has 5 rings (SSSR count). The fourth-order valence-corrected chi connectivity index (χ4v) is 6.63. The van der Waals surface area contributed by atoms with E-state index in [9.17, 15) is 14.0 Å². The van der Waals surface area contributed by atoms with E-state index in [0.717, 1.165) is 57.5 Å². The maximum absolute atomic E-state index is 13.8. The first kappa shape index (κ1) is 28.2. The summed E-state index contributed by atoms with van der Waals surface area (Å²) in [7, 11) is 0. The Kier molecular flexibility index (Phi) is 8.18. The van der Waals surface area contributed by atoms with Crippen LogP contribution in [-0.2, 0) is 35.2 Å². The Morgan fingerprint density at radius 2 is 1.73 bits per heavy atom. The second-order valence-electron chi connectivity index (χ2n) is 10.6. The van der Waals surface area contributed by atoms with Gasteiger partial charge in [0, 0.05) is 18.7 Å². The third kappa shape index (κ3) is 5.22. The van der Waals surface area contributed by atoms with Crippen molar-refractivity contribution in [1.82, 2.24) is 4.90 Å². The normalized spacial score (nSPS) is 14.6. The summed E-state index contributed by atoms with van der Waals surface area (Å²) in [4.78, 5) is 27.9. The third-order valence-corrected chi connectivity index (χ3v) is 8.63. The molecule has 40 heavy (non-hydrogen) atoms. The van der Waals surface area contributed by atoms with Crippen molar-refractivity contribution in [2.24, 2.45) is 0 Å². The molecule has 0 aromatic heterocycles. The van der Waals surface area contributed by atoms with Gasteiger partial charge in [0.1, 0.15) is 11.6 Å². The van der Waals surface area contributed by atoms with Gasteiger partial charge in [-0.05, 0) is 128 Å². The average Bonchev–Trinajstić information content (AvgIpc) is 3.17. The number of carbonyl (C=O) groups is 2. The molecule has 0 unspecified atom stereocenters. The molecule has 0 bridgehead atoms. The lowest BCUT2D eigenvalue weighted by molar-refractivity contribution is -0.142. The van der Waals surface area contributed by atoms with Crippen LogP contribution in [-0.4, -0.2) is 43.1 Å². The van der Waals surface area contributed by atoms with Gasteiger partial charge in [-0.2, -0.15) is 0 Å².